The van der Waals surface area contributed by atoms with Gasteiger partial charge in [-0.15, -0.1) is 0 Å². The van der Waals surface area contributed by atoms with Gasteiger partial charge in [0, 0.05) is 6.08 Å². The van der Waals surface area contributed by atoms with E-state index in [1.54, 1.807) is 18.2 Å². The first kappa shape index (κ1) is 9.69. The molecular formula is C9H12O2. The third kappa shape index (κ3) is 6.58. The summed E-state index contributed by atoms with van der Waals surface area (Å²) in [6, 6.07) is 0. The summed E-state index contributed by atoms with van der Waals surface area (Å²) >= 11 is 0. The van der Waals surface area contributed by atoms with E-state index in [0.717, 1.165) is 5.57 Å². The summed E-state index contributed by atoms with van der Waals surface area (Å²) in [5.41, 5.74) is 0.944. The fourth-order valence-corrected chi connectivity index (χ4v) is 0.422. The molecule has 0 saturated heterocycles. The van der Waals surface area contributed by atoms with Crippen molar-refractivity contribution in [3.05, 3.63) is 36.5 Å². The van der Waals surface area contributed by atoms with E-state index >= 15 is 0 Å². The third-order valence-electron chi connectivity index (χ3n) is 0.925. The van der Waals surface area contributed by atoms with Gasteiger partial charge in [-0.2, -0.15) is 0 Å². The van der Waals surface area contributed by atoms with E-state index in [4.69, 9.17) is 0 Å². The average Bonchev–Trinajstić information content (AvgIpc) is 1.97. The number of carbonyl (C=O) groups is 1. The molecule has 0 N–H and O–H groups in total. The van der Waals surface area contributed by atoms with Crippen LogP contribution in [-0.4, -0.2) is 13.1 Å². The van der Waals surface area contributed by atoms with Crippen LogP contribution in [0.25, 0.3) is 0 Å². The van der Waals surface area contributed by atoms with Crippen LogP contribution >= 0.6 is 0 Å². The molecule has 2 nitrogen and oxygen atoms in total. The number of carbonyl (C=O) groups excluding carboxylic acids is 1. The third-order valence-corrected chi connectivity index (χ3v) is 0.925. The Labute approximate surface area is 66.9 Å². The Hall–Kier alpha value is -1.31. The van der Waals surface area contributed by atoms with E-state index in [-0.39, 0.29) is 5.97 Å². The zero-order valence-corrected chi connectivity index (χ0v) is 6.83. The lowest BCUT2D eigenvalue weighted by Crippen LogP contribution is -1.92. The molecule has 0 aliphatic heterocycles. The summed E-state index contributed by atoms with van der Waals surface area (Å²) in [6.07, 6.45) is 6.50. The first-order valence-corrected chi connectivity index (χ1v) is 3.25. The smallest absolute Gasteiger partial charge is 0.330 e. The second-order valence-electron chi connectivity index (χ2n) is 2.09. The van der Waals surface area contributed by atoms with Gasteiger partial charge in [0.25, 0.3) is 0 Å². The molecule has 0 aromatic carbocycles. The van der Waals surface area contributed by atoms with E-state index in [1.807, 2.05) is 6.92 Å². The molecule has 0 rings (SSSR count). The van der Waals surface area contributed by atoms with E-state index < -0.39 is 0 Å². The van der Waals surface area contributed by atoms with Crippen molar-refractivity contribution in [1.82, 2.24) is 0 Å². The van der Waals surface area contributed by atoms with E-state index in [9.17, 15) is 4.79 Å². The minimum atomic E-state index is -0.351. The van der Waals surface area contributed by atoms with Gasteiger partial charge in [-0.05, 0) is 6.92 Å². The van der Waals surface area contributed by atoms with Gasteiger partial charge in [-0.3, -0.25) is 0 Å². The van der Waals surface area contributed by atoms with Gasteiger partial charge in [0.2, 0.25) is 0 Å². The lowest BCUT2D eigenvalue weighted by atomic mass is 10.3. The zero-order chi connectivity index (χ0) is 8.69. The molecular weight excluding hydrogens is 140 g/mol. The topological polar surface area (TPSA) is 26.3 Å². The maximum Gasteiger partial charge on any atom is 0.330 e. The summed E-state index contributed by atoms with van der Waals surface area (Å²) in [5.74, 6) is -0.351. The number of rotatable bonds is 3. The van der Waals surface area contributed by atoms with Crippen LogP contribution in [0.4, 0.5) is 0 Å². The largest absolute Gasteiger partial charge is 0.466 e. The molecule has 0 aromatic heterocycles. The highest BCUT2D eigenvalue weighted by Crippen LogP contribution is 1.89. The molecule has 0 radical (unpaired) electrons. The summed E-state index contributed by atoms with van der Waals surface area (Å²) in [4.78, 5) is 10.5. The Bertz CT molecular complexity index is 200. The average molecular weight is 152 g/mol. The predicted molar refractivity (Wildman–Crippen MR) is 45.1 cm³/mol. The molecule has 0 atom stereocenters. The number of ether oxygens (including phenoxy) is 1. The van der Waals surface area contributed by atoms with Gasteiger partial charge >= 0.3 is 5.97 Å². The van der Waals surface area contributed by atoms with Crippen molar-refractivity contribution in [3.8, 4) is 0 Å². The summed E-state index contributed by atoms with van der Waals surface area (Å²) in [5, 5.41) is 0. The number of esters is 1. The molecule has 0 saturated carbocycles. The number of hydrogen-bond acceptors (Lipinski definition) is 2. The molecule has 0 aliphatic rings. The van der Waals surface area contributed by atoms with E-state index in [0.29, 0.717) is 0 Å². The minimum Gasteiger partial charge on any atom is -0.466 e. The van der Waals surface area contributed by atoms with Gasteiger partial charge in [0.15, 0.2) is 0 Å². The highest BCUT2D eigenvalue weighted by molar-refractivity contribution is 5.82. The van der Waals surface area contributed by atoms with Crippen molar-refractivity contribution < 1.29 is 9.53 Å². The van der Waals surface area contributed by atoms with Gasteiger partial charge in [0.05, 0.1) is 7.11 Å². The molecule has 11 heavy (non-hydrogen) atoms. The molecule has 0 fully saturated rings. The van der Waals surface area contributed by atoms with Crippen LogP contribution in [0.3, 0.4) is 0 Å². The number of hydrogen-bond donors (Lipinski definition) is 0. The summed E-state index contributed by atoms with van der Waals surface area (Å²) < 4.78 is 4.38. The fourth-order valence-electron chi connectivity index (χ4n) is 0.422. The maximum atomic E-state index is 10.5. The second-order valence-corrected chi connectivity index (χ2v) is 2.09. The van der Waals surface area contributed by atoms with Crippen molar-refractivity contribution in [2.45, 2.75) is 6.92 Å². The minimum absolute atomic E-state index is 0.351. The quantitative estimate of drug-likeness (QED) is 0.350. The standard InChI is InChI=1S/C9H12O2/c1-8(2)6-4-5-7-9(10)11-3/h4-7H,1H2,2-3H3/b6-4+,7-5+. The van der Waals surface area contributed by atoms with Crippen LogP contribution < -0.4 is 0 Å². The van der Waals surface area contributed by atoms with E-state index in [2.05, 4.69) is 11.3 Å². The summed E-state index contributed by atoms with van der Waals surface area (Å²) in [7, 11) is 1.34. The molecule has 2 heteroatoms. The van der Waals surface area contributed by atoms with Crippen LogP contribution in [0.1, 0.15) is 6.92 Å². The molecule has 0 spiro atoms. The monoisotopic (exact) mass is 152 g/mol. The van der Waals surface area contributed by atoms with Crippen LogP contribution in [0.5, 0.6) is 0 Å². The Morgan fingerprint density at radius 1 is 1.36 bits per heavy atom. The maximum absolute atomic E-state index is 10.5. The highest BCUT2D eigenvalue weighted by Gasteiger charge is 1.85. The lowest BCUT2D eigenvalue weighted by Gasteiger charge is -1.86. The summed E-state index contributed by atoms with van der Waals surface area (Å²) in [6.45, 7) is 5.53. The van der Waals surface area contributed by atoms with Crippen molar-refractivity contribution >= 4 is 5.97 Å². The van der Waals surface area contributed by atoms with Gasteiger partial charge < -0.3 is 4.74 Å². The zero-order valence-electron chi connectivity index (χ0n) is 6.83. The lowest BCUT2D eigenvalue weighted by molar-refractivity contribution is -0.134. The Morgan fingerprint density at radius 2 is 1.91 bits per heavy atom. The molecule has 60 valence electrons. The molecule has 0 bridgehead atoms. The van der Waals surface area contributed by atoms with Crippen molar-refractivity contribution in [2.24, 2.45) is 0 Å². The normalized spacial score (nSPS) is 10.7. The first-order chi connectivity index (χ1) is 5.16. The molecule has 0 unspecified atom stereocenters. The highest BCUT2D eigenvalue weighted by atomic mass is 16.5. The fraction of sp³-hybridized carbons (Fsp3) is 0.222. The SMILES string of the molecule is C=C(C)/C=C/C=C/C(=O)OC. The number of allylic oxidation sites excluding steroid dienone is 4. The van der Waals surface area contributed by atoms with Gasteiger partial charge in [-0.1, -0.05) is 30.4 Å². The van der Waals surface area contributed by atoms with Crippen LogP contribution in [-0.2, 0) is 9.53 Å². The second kappa shape index (κ2) is 5.47. The van der Waals surface area contributed by atoms with E-state index in [1.165, 1.54) is 13.2 Å². The molecule has 0 heterocycles. The van der Waals surface area contributed by atoms with Gasteiger partial charge in [0.1, 0.15) is 0 Å². The predicted octanol–water partition coefficient (Wildman–Crippen LogP) is 1.85. The molecule has 0 aromatic rings. The Balaban J connectivity index is 3.77. The first-order valence-electron chi connectivity index (χ1n) is 3.25. The van der Waals surface area contributed by atoms with Crippen molar-refractivity contribution in [2.75, 3.05) is 7.11 Å². The van der Waals surface area contributed by atoms with Crippen molar-refractivity contribution in [3.63, 3.8) is 0 Å². The molecule has 0 aliphatic carbocycles. The number of methoxy groups -OCH3 is 1. The molecule has 0 amide bonds. The van der Waals surface area contributed by atoms with Crippen LogP contribution in [0.15, 0.2) is 36.5 Å². The Morgan fingerprint density at radius 3 is 2.36 bits per heavy atom. The van der Waals surface area contributed by atoms with Gasteiger partial charge in [-0.25, -0.2) is 4.79 Å². The van der Waals surface area contributed by atoms with Crippen LogP contribution in [0, 0.1) is 0 Å². The van der Waals surface area contributed by atoms with Crippen molar-refractivity contribution in [1.29, 1.82) is 0 Å². The Kier molecular flexibility index (Phi) is 4.82. The van der Waals surface area contributed by atoms with Crippen LogP contribution in [0.2, 0.25) is 0 Å².